The van der Waals surface area contributed by atoms with Crippen LogP contribution < -0.4 is 10.0 Å². The quantitative estimate of drug-likeness (QED) is 0.601. The molecule has 0 atom stereocenters. The van der Waals surface area contributed by atoms with Crippen LogP contribution in [0.1, 0.15) is 21.5 Å². The first-order chi connectivity index (χ1) is 13.8. The Balaban J connectivity index is 1.80. The van der Waals surface area contributed by atoms with E-state index >= 15 is 0 Å². The molecule has 0 unspecified atom stereocenters. The predicted molar refractivity (Wildman–Crippen MR) is 111 cm³/mol. The molecule has 0 saturated carbocycles. The molecule has 2 N–H and O–H groups in total. The lowest BCUT2D eigenvalue weighted by atomic mass is 10.2. The summed E-state index contributed by atoms with van der Waals surface area (Å²) in [6, 6.07) is 16.8. The Labute approximate surface area is 173 Å². The summed E-state index contributed by atoms with van der Waals surface area (Å²) in [5.74, 6) is -1.56. The van der Waals surface area contributed by atoms with Gasteiger partial charge in [0.15, 0.2) is 0 Å². The van der Waals surface area contributed by atoms with Crippen LogP contribution in [0.5, 0.6) is 0 Å². The zero-order valence-corrected chi connectivity index (χ0v) is 17.0. The number of hydrogen-bond acceptors (Lipinski definition) is 3. The van der Waals surface area contributed by atoms with Crippen molar-refractivity contribution < 1.29 is 17.6 Å². The fourth-order valence-electron chi connectivity index (χ4n) is 2.58. The number of aryl methyl sites for hydroxylation is 1. The van der Waals surface area contributed by atoms with Gasteiger partial charge in [0.25, 0.3) is 5.91 Å². The van der Waals surface area contributed by atoms with Gasteiger partial charge in [-0.15, -0.1) is 0 Å². The molecule has 3 aromatic carbocycles. The summed E-state index contributed by atoms with van der Waals surface area (Å²) < 4.78 is 41.8. The summed E-state index contributed by atoms with van der Waals surface area (Å²) >= 11 is 6.04. The van der Waals surface area contributed by atoms with Crippen molar-refractivity contribution in [3.8, 4) is 0 Å². The number of carbonyl (C=O) groups excluding carboxylic acids is 1. The van der Waals surface area contributed by atoms with Crippen molar-refractivity contribution >= 4 is 33.2 Å². The van der Waals surface area contributed by atoms with Gasteiger partial charge < -0.3 is 5.32 Å². The lowest BCUT2D eigenvalue weighted by molar-refractivity contribution is 0.102. The van der Waals surface area contributed by atoms with Crippen LogP contribution in [-0.2, 0) is 16.6 Å². The highest BCUT2D eigenvalue weighted by Crippen LogP contribution is 2.19. The van der Waals surface area contributed by atoms with Gasteiger partial charge in [0.2, 0.25) is 10.0 Å². The molecule has 0 aromatic heterocycles. The van der Waals surface area contributed by atoms with Crippen LogP contribution in [0.25, 0.3) is 0 Å². The van der Waals surface area contributed by atoms with Crippen molar-refractivity contribution in [1.29, 1.82) is 0 Å². The maximum atomic E-state index is 14.2. The maximum Gasteiger partial charge on any atom is 0.258 e. The summed E-state index contributed by atoms with van der Waals surface area (Å²) in [5.41, 5.74) is 1.71. The van der Waals surface area contributed by atoms with Crippen molar-refractivity contribution in [2.45, 2.75) is 18.4 Å². The molecule has 1 amide bonds. The Hall–Kier alpha value is -2.74. The normalized spacial score (nSPS) is 11.3. The second-order valence-electron chi connectivity index (χ2n) is 6.38. The van der Waals surface area contributed by atoms with E-state index in [1.54, 1.807) is 48.5 Å². The van der Waals surface area contributed by atoms with Crippen LogP contribution in [0.3, 0.4) is 0 Å². The first kappa shape index (κ1) is 21.0. The van der Waals surface area contributed by atoms with Crippen LogP contribution in [-0.4, -0.2) is 14.3 Å². The van der Waals surface area contributed by atoms with Gasteiger partial charge in [-0.25, -0.2) is 17.5 Å². The number of carbonyl (C=O) groups is 1. The standard InChI is InChI=1S/C21H18ClFN2O3S/c1-14-6-8-16(9-7-14)25-21(26)18-12-17(10-11-20(18)23)29(27,28)24-13-15-4-2-3-5-19(15)22/h2-12,24H,13H2,1H3,(H,25,26). The van der Waals surface area contributed by atoms with Gasteiger partial charge in [0.05, 0.1) is 10.5 Å². The molecule has 0 saturated heterocycles. The fraction of sp³-hybridized carbons (Fsp3) is 0.0952. The van der Waals surface area contributed by atoms with E-state index in [2.05, 4.69) is 10.0 Å². The van der Waals surface area contributed by atoms with Crippen LogP contribution in [0.15, 0.2) is 71.6 Å². The largest absolute Gasteiger partial charge is 0.322 e. The smallest absolute Gasteiger partial charge is 0.258 e. The Morgan fingerprint density at radius 1 is 1.03 bits per heavy atom. The number of hydrogen-bond donors (Lipinski definition) is 2. The van der Waals surface area contributed by atoms with E-state index in [0.717, 1.165) is 23.8 Å². The lowest BCUT2D eigenvalue weighted by Crippen LogP contribution is -2.24. The van der Waals surface area contributed by atoms with Crippen molar-refractivity contribution in [2.24, 2.45) is 0 Å². The monoisotopic (exact) mass is 432 g/mol. The van der Waals surface area contributed by atoms with E-state index in [-0.39, 0.29) is 17.0 Å². The number of nitrogens with one attached hydrogen (secondary N) is 2. The highest BCUT2D eigenvalue weighted by Gasteiger charge is 2.20. The van der Waals surface area contributed by atoms with E-state index in [4.69, 9.17) is 11.6 Å². The van der Waals surface area contributed by atoms with Crippen LogP contribution in [0.4, 0.5) is 10.1 Å². The summed E-state index contributed by atoms with van der Waals surface area (Å²) in [6.45, 7) is 1.86. The number of rotatable bonds is 6. The van der Waals surface area contributed by atoms with Crippen molar-refractivity contribution in [2.75, 3.05) is 5.32 Å². The molecule has 0 bridgehead atoms. The van der Waals surface area contributed by atoms with Gasteiger partial charge >= 0.3 is 0 Å². The number of sulfonamides is 1. The van der Waals surface area contributed by atoms with Gasteiger partial charge in [-0.1, -0.05) is 47.5 Å². The fourth-order valence-corrected chi connectivity index (χ4v) is 3.81. The average molecular weight is 433 g/mol. The third-order valence-corrected chi connectivity index (χ3v) is 5.98. The highest BCUT2D eigenvalue weighted by atomic mass is 35.5. The lowest BCUT2D eigenvalue weighted by Gasteiger charge is -2.11. The molecule has 0 heterocycles. The first-order valence-corrected chi connectivity index (χ1v) is 10.5. The average Bonchev–Trinajstić information content (AvgIpc) is 2.69. The molecule has 29 heavy (non-hydrogen) atoms. The van der Waals surface area contributed by atoms with E-state index in [0.29, 0.717) is 16.3 Å². The van der Waals surface area contributed by atoms with E-state index < -0.39 is 21.7 Å². The number of anilines is 1. The molecule has 0 aliphatic heterocycles. The maximum absolute atomic E-state index is 14.2. The molecule has 0 aliphatic rings. The van der Waals surface area contributed by atoms with Crippen LogP contribution >= 0.6 is 11.6 Å². The van der Waals surface area contributed by atoms with Gasteiger partial charge in [-0.3, -0.25) is 4.79 Å². The van der Waals surface area contributed by atoms with Crippen LogP contribution in [0.2, 0.25) is 5.02 Å². The molecule has 0 radical (unpaired) electrons. The zero-order valence-electron chi connectivity index (χ0n) is 15.4. The Bertz CT molecular complexity index is 1150. The predicted octanol–water partition coefficient (Wildman–Crippen LogP) is 4.52. The molecular weight excluding hydrogens is 415 g/mol. The van der Waals surface area contributed by atoms with Crippen LogP contribution in [0, 0.1) is 12.7 Å². The molecule has 150 valence electrons. The summed E-state index contributed by atoms with van der Waals surface area (Å²) in [4.78, 5) is 12.2. The van der Waals surface area contributed by atoms with E-state index in [1.807, 2.05) is 6.92 Å². The summed E-state index contributed by atoms with van der Waals surface area (Å²) in [6.07, 6.45) is 0. The number of amides is 1. The second-order valence-corrected chi connectivity index (χ2v) is 8.55. The van der Waals surface area contributed by atoms with Gasteiger partial charge in [-0.2, -0.15) is 0 Å². The number of benzene rings is 3. The summed E-state index contributed by atoms with van der Waals surface area (Å²) in [5, 5.41) is 2.98. The Morgan fingerprint density at radius 3 is 2.41 bits per heavy atom. The van der Waals surface area contributed by atoms with Crippen molar-refractivity contribution in [3.63, 3.8) is 0 Å². The van der Waals surface area contributed by atoms with Gasteiger partial charge in [0, 0.05) is 17.3 Å². The molecule has 0 aliphatic carbocycles. The van der Waals surface area contributed by atoms with E-state index in [1.165, 1.54) is 0 Å². The molecule has 0 fully saturated rings. The molecule has 3 rings (SSSR count). The van der Waals surface area contributed by atoms with Crippen molar-refractivity contribution in [3.05, 3.63) is 94.3 Å². The second kappa shape index (κ2) is 8.73. The third-order valence-electron chi connectivity index (χ3n) is 4.21. The van der Waals surface area contributed by atoms with Gasteiger partial charge in [0.1, 0.15) is 5.82 Å². The molecular formula is C21H18ClFN2O3S. The number of halogens is 2. The first-order valence-electron chi connectivity index (χ1n) is 8.67. The minimum absolute atomic E-state index is 0.0374. The van der Waals surface area contributed by atoms with E-state index in [9.17, 15) is 17.6 Å². The SMILES string of the molecule is Cc1ccc(NC(=O)c2cc(S(=O)(=O)NCc3ccccc3Cl)ccc2F)cc1. The molecule has 8 heteroatoms. The summed E-state index contributed by atoms with van der Waals surface area (Å²) in [7, 11) is -3.98. The molecule has 3 aromatic rings. The topological polar surface area (TPSA) is 75.3 Å². The van der Waals surface area contributed by atoms with Crippen molar-refractivity contribution in [1.82, 2.24) is 4.72 Å². The van der Waals surface area contributed by atoms with Gasteiger partial charge in [-0.05, 0) is 48.9 Å². The highest BCUT2D eigenvalue weighted by molar-refractivity contribution is 7.89. The zero-order chi connectivity index (χ0) is 21.0. The minimum atomic E-state index is -3.98. The molecule has 5 nitrogen and oxygen atoms in total. The Kier molecular flexibility index (Phi) is 6.32. The third kappa shape index (κ3) is 5.20. The minimum Gasteiger partial charge on any atom is -0.322 e. The molecule has 0 spiro atoms. The Morgan fingerprint density at radius 2 is 1.72 bits per heavy atom.